The number of nitriles is 1. The fraction of sp³-hybridized carbons (Fsp3) is 0.545. The van der Waals surface area contributed by atoms with Crippen molar-refractivity contribution >= 4 is 0 Å². The summed E-state index contributed by atoms with van der Waals surface area (Å²) in [6.07, 6.45) is -10.4. The molecule has 0 N–H and O–H groups in total. The van der Waals surface area contributed by atoms with E-state index in [0.29, 0.717) is 17.1 Å². The van der Waals surface area contributed by atoms with E-state index in [1.54, 1.807) is 0 Å². The third-order valence-electron chi connectivity index (χ3n) is 2.63. The molecule has 1 atom stereocenters. The van der Waals surface area contributed by atoms with Crippen LogP contribution < -0.4 is 0 Å². The molecule has 0 fully saturated rings. The Morgan fingerprint density at radius 3 is 2.24 bits per heavy atom. The molecule has 0 aliphatic heterocycles. The summed E-state index contributed by atoms with van der Waals surface area (Å²) in [5.74, 6) is 0. The summed E-state index contributed by atoms with van der Waals surface area (Å²) in [6.45, 7) is 6.20. The average molecular weight is 310 g/mol. The van der Waals surface area contributed by atoms with Gasteiger partial charge in [-0.15, -0.1) is 0 Å². The highest BCUT2D eigenvalue weighted by atomic mass is 19.4. The van der Waals surface area contributed by atoms with Crippen LogP contribution >= 0.6 is 0 Å². The van der Waals surface area contributed by atoms with Gasteiger partial charge in [0.2, 0.25) is 0 Å². The molecule has 0 radical (unpaired) electrons. The standard InChI is InChI=1S/C11H8F6N4/c1-19-9(6-18,2-3-10(12,13)14)7-21-5-8(4-20-21)11(15,16)17/h4-5H,2-3,7H2. The van der Waals surface area contributed by atoms with Crippen LogP contribution in [-0.4, -0.2) is 21.5 Å². The molecule has 0 amide bonds. The maximum atomic E-state index is 12.4. The van der Waals surface area contributed by atoms with Crippen LogP contribution in [0.4, 0.5) is 26.3 Å². The van der Waals surface area contributed by atoms with E-state index in [1.807, 2.05) is 0 Å². The minimum Gasteiger partial charge on any atom is -0.292 e. The van der Waals surface area contributed by atoms with Gasteiger partial charge in [-0.2, -0.15) is 36.7 Å². The van der Waals surface area contributed by atoms with Gasteiger partial charge in [-0.1, -0.05) is 0 Å². The van der Waals surface area contributed by atoms with Crippen LogP contribution in [0.25, 0.3) is 4.85 Å². The van der Waals surface area contributed by atoms with Crippen molar-refractivity contribution < 1.29 is 26.3 Å². The molecule has 1 heterocycles. The van der Waals surface area contributed by atoms with Crippen molar-refractivity contribution in [3.05, 3.63) is 29.4 Å². The van der Waals surface area contributed by atoms with Crippen LogP contribution in [0, 0.1) is 17.9 Å². The Bertz CT molecular complexity index is 557. The van der Waals surface area contributed by atoms with E-state index in [4.69, 9.17) is 11.8 Å². The molecular weight excluding hydrogens is 302 g/mol. The highest BCUT2D eigenvalue weighted by molar-refractivity contribution is 5.16. The van der Waals surface area contributed by atoms with E-state index in [0.717, 1.165) is 0 Å². The smallest absolute Gasteiger partial charge is 0.292 e. The summed E-state index contributed by atoms with van der Waals surface area (Å²) in [5.41, 5.74) is -3.21. The van der Waals surface area contributed by atoms with E-state index in [1.165, 1.54) is 6.07 Å². The van der Waals surface area contributed by atoms with E-state index in [2.05, 4.69) is 9.94 Å². The van der Waals surface area contributed by atoms with Crippen molar-refractivity contribution in [2.45, 2.75) is 37.3 Å². The second-order valence-corrected chi connectivity index (χ2v) is 4.29. The van der Waals surface area contributed by atoms with Gasteiger partial charge in [0, 0.05) is 6.20 Å². The second-order valence-electron chi connectivity index (χ2n) is 4.29. The minimum atomic E-state index is -4.66. The molecule has 0 bridgehead atoms. The van der Waals surface area contributed by atoms with Crippen molar-refractivity contribution in [1.29, 1.82) is 5.26 Å². The molecule has 0 saturated heterocycles. The lowest BCUT2D eigenvalue weighted by Crippen LogP contribution is -2.31. The molecule has 4 nitrogen and oxygen atoms in total. The van der Waals surface area contributed by atoms with Gasteiger partial charge in [-0.05, 0) is 0 Å². The van der Waals surface area contributed by atoms with Crippen molar-refractivity contribution in [2.24, 2.45) is 0 Å². The fourth-order valence-electron chi connectivity index (χ4n) is 1.50. The first-order valence-electron chi connectivity index (χ1n) is 5.48. The Balaban J connectivity index is 2.92. The SMILES string of the molecule is [C-]#[N+]C(C#N)(CCC(F)(F)F)Cn1cc(C(F)(F)F)cn1. The third kappa shape index (κ3) is 4.67. The van der Waals surface area contributed by atoms with Gasteiger partial charge in [0.1, 0.15) is 6.54 Å². The third-order valence-corrected chi connectivity index (χ3v) is 2.63. The lowest BCUT2D eigenvalue weighted by molar-refractivity contribution is -0.137. The van der Waals surface area contributed by atoms with Gasteiger partial charge in [0.15, 0.2) is 6.07 Å². The monoisotopic (exact) mass is 310 g/mol. The molecule has 1 unspecified atom stereocenters. The van der Waals surface area contributed by atoms with Gasteiger partial charge in [-0.25, -0.2) is 6.57 Å². The number of alkyl halides is 6. The van der Waals surface area contributed by atoms with Crippen LogP contribution in [-0.2, 0) is 12.7 Å². The summed E-state index contributed by atoms with van der Waals surface area (Å²) < 4.78 is 74.3. The van der Waals surface area contributed by atoms with Gasteiger partial charge >= 0.3 is 17.9 Å². The summed E-state index contributed by atoms with van der Waals surface area (Å²) in [5, 5.41) is 12.2. The van der Waals surface area contributed by atoms with Crippen LogP contribution in [0.15, 0.2) is 12.4 Å². The second kappa shape index (κ2) is 5.64. The minimum absolute atomic E-state index is 0.482. The van der Waals surface area contributed by atoms with Crippen molar-refractivity contribution in [3.8, 4) is 6.07 Å². The van der Waals surface area contributed by atoms with E-state index in [-0.39, 0.29) is 0 Å². The number of rotatable bonds is 4. The number of hydrogen-bond acceptors (Lipinski definition) is 2. The van der Waals surface area contributed by atoms with Crippen molar-refractivity contribution in [1.82, 2.24) is 9.78 Å². The normalized spacial score (nSPS) is 15.0. The molecule has 0 aromatic carbocycles. The van der Waals surface area contributed by atoms with Crippen LogP contribution in [0.2, 0.25) is 0 Å². The number of halogens is 6. The van der Waals surface area contributed by atoms with E-state index < -0.39 is 42.8 Å². The number of nitrogens with zero attached hydrogens (tertiary/aromatic N) is 4. The summed E-state index contributed by atoms with van der Waals surface area (Å²) in [4.78, 5) is 2.85. The molecule has 10 heteroatoms. The zero-order chi connectivity index (χ0) is 16.3. The molecule has 0 spiro atoms. The maximum absolute atomic E-state index is 12.4. The van der Waals surface area contributed by atoms with Crippen LogP contribution in [0.1, 0.15) is 18.4 Å². The van der Waals surface area contributed by atoms with E-state index in [9.17, 15) is 26.3 Å². The number of aromatic nitrogens is 2. The molecular formula is C11H8F6N4. The predicted molar refractivity (Wildman–Crippen MR) is 57.5 cm³/mol. The molecule has 114 valence electrons. The van der Waals surface area contributed by atoms with Gasteiger partial charge < -0.3 is 0 Å². The summed E-state index contributed by atoms with van der Waals surface area (Å²) in [6, 6.07) is 1.44. The first-order valence-corrected chi connectivity index (χ1v) is 5.48. The van der Waals surface area contributed by atoms with Gasteiger partial charge in [0.25, 0.3) is 0 Å². The Kier molecular flexibility index (Phi) is 4.52. The molecule has 1 aromatic rings. The lowest BCUT2D eigenvalue weighted by Gasteiger charge is -2.15. The summed E-state index contributed by atoms with van der Waals surface area (Å²) in [7, 11) is 0. The highest BCUT2D eigenvalue weighted by Crippen LogP contribution is 2.31. The quantitative estimate of drug-likeness (QED) is 0.632. The molecule has 0 aliphatic rings. The average Bonchev–Trinajstić information content (AvgIpc) is 2.82. The molecule has 0 aliphatic carbocycles. The molecule has 1 rings (SSSR count). The van der Waals surface area contributed by atoms with Crippen LogP contribution in [0.5, 0.6) is 0 Å². The first kappa shape index (κ1) is 16.8. The highest BCUT2D eigenvalue weighted by Gasteiger charge is 2.43. The molecule has 21 heavy (non-hydrogen) atoms. The summed E-state index contributed by atoms with van der Waals surface area (Å²) >= 11 is 0. The maximum Gasteiger partial charge on any atom is 0.419 e. The van der Waals surface area contributed by atoms with Gasteiger partial charge in [-0.3, -0.25) is 9.53 Å². The molecule has 0 saturated carbocycles. The Morgan fingerprint density at radius 1 is 1.24 bits per heavy atom. The Hall–Kier alpha value is -2.23. The van der Waals surface area contributed by atoms with Gasteiger partial charge in [0.05, 0.1) is 24.6 Å². The Morgan fingerprint density at radius 2 is 1.86 bits per heavy atom. The molecule has 1 aromatic heterocycles. The van der Waals surface area contributed by atoms with Crippen molar-refractivity contribution in [3.63, 3.8) is 0 Å². The first-order chi connectivity index (χ1) is 9.51. The largest absolute Gasteiger partial charge is 0.419 e. The van der Waals surface area contributed by atoms with Crippen molar-refractivity contribution in [2.75, 3.05) is 0 Å². The lowest BCUT2D eigenvalue weighted by atomic mass is 9.96. The zero-order valence-electron chi connectivity index (χ0n) is 10.3. The predicted octanol–water partition coefficient (Wildman–Crippen LogP) is 3.43. The van der Waals surface area contributed by atoms with E-state index >= 15 is 0 Å². The zero-order valence-corrected chi connectivity index (χ0v) is 10.3. The topological polar surface area (TPSA) is 46.0 Å². The van der Waals surface area contributed by atoms with Crippen LogP contribution in [0.3, 0.4) is 0 Å². The Labute approximate surface area is 115 Å². The number of hydrogen-bond donors (Lipinski definition) is 0. The fourth-order valence-corrected chi connectivity index (χ4v) is 1.50.